The Labute approximate surface area is 120 Å². The van der Waals surface area contributed by atoms with E-state index < -0.39 is 5.79 Å². The van der Waals surface area contributed by atoms with Gasteiger partial charge in [0.1, 0.15) is 0 Å². The van der Waals surface area contributed by atoms with Gasteiger partial charge in [0.05, 0.1) is 24.9 Å². The zero-order valence-electron chi connectivity index (χ0n) is 12.1. The Balaban J connectivity index is 1.57. The monoisotopic (exact) mass is 278 g/mol. The summed E-state index contributed by atoms with van der Waals surface area (Å²) in [6, 6.07) is 9.05. The molecule has 4 nitrogen and oxygen atoms in total. The predicted octanol–water partition coefficient (Wildman–Crippen LogP) is 3.17. The summed E-state index contributed by atoms with van der Waals surface area (Å²) in [6.45, 7) is 4.95. The van der Waals surface area contributed by atoms with Crippen LogP contribution in [0.5, 0.6) is 0 Å². The first-order valence-corrected chi connectivity index (χ1v) is 7.11. The molecule has 1 heterocycles. The molecule has 0 N–H and O–H groups in total. The third-order valence-electron chi connectivity index (χ3n) is 3.23. The van der Waals surface area contributed by atoms with Gasteiger partial charge in [-0.1, -0.05) is 18.2 Å². The van der Waals surface area contributed by atoms with Crippen molar-refractivity contribution in [2.24, 2.45) is 0 Å². The largest absolute Gasteiger partial charge is 0.462 e. The number of hydrogen-bond acceptors (Lipinski definition) is 4. The SMILES string of the molecule is CC1(C)OCC(CCCCOC(=O)c2ccccc2)O1. The second kappa shape index (κ2) is 6.86. The molecule has 20 heavy (non-hydrogen) atoms. The summed E-state index contributed by atoms with van der Waals surface area (Å²) in [4.78, 5) is 11.7. The smallest absolute Gasteiger partial charge is 0.338 e. The summed E-state index contributed by atoms with van der Waals surface area (Å²) in [7, 11) is 0. The Morgan fingerprint density at radius 2 is 2.05 bits per heavy atom. The predicted molar refractivity (Wildman–Crippen MR) is 75.5 cm³/mol. The number of benzene rings is 1. The fourth-order valence-corrected chi connectivity index (χ4v) is 2.20. The summed E-state index contributed by atoms with van der Waals surface area (Å²) in [5, 5.41) is 0. The Morgan fingerprint density at radius 3 is 2.70 bits per heavy atom. The molecule has 0 bridgehead atoms. The van der Waals surface area contributed by atoms with Gasteiger partial charge in [-0.15, -0.1) is 0 Å². The third kappa shape index (κ3) is 4.62. The molecule has 0 radical (unpaired) electrons. The van der Waals surface area contributed by atoms with E-state index in [1.54, 1.807) is 12.1 Å². The van der Waals surface area contributed by atoms with Crippen molar-refractivity contribution in [2.75, 3.05) is 13.2 Å². The van der Waals surface area contributed by atoms with E-state index in [1.165, 1.54) is 0 Å². The van der Waals surface area contributed by atoms with Crippen LogP contribution in [0.1, 0.15) is 43.5 Å². The van der Waals surface area contributed by atoms with E-state index in [4.69, 9.17) is 14.2 Å². The molecule has 1 aromatic rings. The van der Waals surface area contributed by atoms with Crippen LogP contribution in [-0.2, 0) is 14.2 Å². The van der Waals surface area contributed by atoms with Crippen LogP contribution in [0, 0.1) is 0 Å². The van der Waals surface area contributed by atoms with E-state index in [0.717, 1.165) is 19.3 Å². The minimum absolute atomic E-state index is 0.162. The second-order valence-electron chi connectivity index (χ2n) is 5.45. The maximum Gasteiger partial charge on any atom is 0.338 e. The number of esters is 1. The van der Waals surface area contributed by atoms with Gasteiger partial charge < -0.3 is 14.2 Å². The molecule has 0 saturated carbocycles. The molecule has 1 aliphatic rings. The lowest BCUT2D eigenvalue weighted by molar-refractivity contribution is -0.139. The number of carbonyl (C=O) groups is 1. The molecule has 1 unspecified atom stereocenters. The van der Waals surface area contributed by atoms with Crippen molar-refractivity contribution in [3.63, 3.8) is 0 Å². The van der Waals surface area contributed by atoms with Gasteiger partial charge in [-0.05, 0) is 45.2 Å². The molecular formula is C16H22O4. The quantitative estimate of drug-likeness (QED) is 0.592. The van der Waals surface area contributed by atoms with Crippen molar-refractivity contribution in [3.05, 3.63) is 35.9 Å². The first-order valence-electron chi connectivity index (χ1n) is 7.11. The van der Waals surface area contributed by atoms with Crippen molar-refractivity contribution in [1.82, 2.24) is 0 Å². The van der Waals surface area contributed by atoms with Gasteiger partial charge in [0.15, 0.2) is 5.79 Å². The zero-order valence-corrected chi connectivity index (χ0v) is 12.1. The van der Waals surface area contributed by atoms with Gasteiger partial charge in [-0.2, -0.15) is 0 Å². The van der Waals surface area contributed by atoms with E-state index in [1.807, 2.05) is 32.0 Å². The maximum absolute atomic E-state index is 11.7. The molecule has 1 aliphatic heterocycles. The fraction of sp³-hybridized carbons (Fsp3) is 0.562. The number of ether oxygens (including phenoxy) is 3. The molecule has 1 saturated heterocycles. The topological polar surface area (TPSA) is 44.8 Å². The highest BCUT2D eigenvalue weighted by atomic mass is 16.7. The van der Waals surface area contributed by atoms with Gasteiger partial charge in [-0.25, -0.2) is 4.79 Å². The molecule has 4 heteroatoms. The Kier molecular flexibility index (Phi) is 5.15. The summed E-state index contributed by atoms with van der Waals surface area (Å²) < 4.78 is 16.4. The highest BCUT2D eigenvalue weighted by Crippen LogP contribution is 2.25. The molecule has 0 aliphatic carbocycles. The third-order valence-corrected chi connectivity index (χ3v) is 3.23. The molecule has 110 valence electrons. The van der Waals surface area contributed by atoms with Crippen LogP contribution in [-0.4, -0.2) is 31.1 Å². The number of carbonyl (C=O) groups excluding carboxylic acids is 1. The highest BCUT2D eigenvalue weighted by molar-refractivity contribution is 5.89. The average Bonchev–Trinajstić information content (AvgIpc) is 2.78. The molecular weight excluding hydrogens is 256 g/mol. The highest BCUT2D eigenvalue weighted by Gasteiger charge is 2.31. The Bertz CT molecular complexity index is 427. The number of rotatable bonds is 6. The Morgan fingerprint density at radius 1 is 1.30 bits per heavy atom. The standard InChI is InChI=1S/C16H22O4/c1-16(2)19-12-14(20-16)10-6-7-11-18-15(17)13-8-4-3-5-9-13/h3-5,8-9,14H,6-7,10-12H2,1-2H3. The van der Waals surface area contributed by atoms with Crippen molar-refractivity contribution in [3.8, 4) is 0 Å². The summed E-state index contributed by atoms with van der Waals surface area (Å²) in [5.74, 6) is -0.711. The molecule has 0 spiro atoms. The van der Waals surface area contributed by atoms with E-state index in [2.05, 4.69) is 0 Å². The van der Waals surface area contributed by atoms with Crippen LogP contribution in [0.4, 0.5) is 0 Å². The van der Waals surface area contributed by atoms with Crippen molar-refractivity contribution in [1.29, 1.82) is 0 Å². The number of hydrogen-bond donors (Lipinski definition) is 0. The average molecular weight is 278 g/mol. The lowest BCUT2D eigenvalue weighted by atomic mass is 10.1. The fourth-order valence-electron chi connectivity index (χ4n) is 2.20. The molecule has 1 aromatic carbocycles. The van der Waals surface area contributed by atoms with E-state index in [9.17, 15) is 4.79 Å². The van der Waals surface area contributed by atoms with Gasteiger partial charge in [-0.3, -0.25) is 0 Å². The molecule has 0 amide bonds. The number of unbranched alkanes of at least 4 members (excludes halogenated alkanes) is 1. The van der Waals surface area contributed by atoms with Crippen LogP contribution in [0.25, 0.3) is 0 Å². The summed E-state index contributed by atoms with van der Waals surface area (Å²) >= 11 is 0. The molecule has 0 aromatic heterocycles. The summed E-state index contributed by atoms with van der Waals surface area (Å²) in [6.07, 6.45) is 2.91. The van der Waals surface area contributed by atoms with Crippen LogP contribution < -0.4 is 0 Å². The molecule has 2 rings (SSSR count). The molecule has 1 fully saturated rings. The van der Waals surface area contributed by atoms with Crippen LogP contribution >= 0.6 is 0 Å². The minimum Gasteiger partial charge on any atom is -0.462 e. The first-order chi connectivity index (χ1) is 9.57. The van der Waals surface area contributed by atoms with E-state index in [0.29, 0.717) is 18.8 Å². The van der Waals surface area contributed by atoms with Crippen molar-refractivity contribution < 1.29 is 19.0 Å². The minimum atomic E-state index is -0.454. The van der Waals surface area contributed by atoms with Gasteiger partial charge >= 0.3 is 5.97 Å². The van der Waals surface area contributed by atoms with E-state index >= 15 is 0 Å². The zero-order chi connectivity index (χ0) is 14.4. The van der Waals surface area contributed by atoms with Crippen LogP contribution in [0.3, 0.4) is 0 Å². The lowest BCUT2D eigenvalue weighted by Crippen LogP contribution is -2.21. The van der Waals surface area contributed by atoms with Crippen LogP contribution in [0.15, 0.2) is 30.3 Å². The molecule has 1 atom stereocenters. The normalized spacial score (nSPS) is 20.8. The van der Waals surface area contributed by atoms with E-state index in [-0.39, 0.29) is 12.1 Å². The second-order valence-corrected chi connectivity index (χ2v) is 5.45. The first kappa shape index (κ1) is 15.0. The van der Waals surface area contributed by atoms with Crippen molar-refractivity contribution in [2.45, 2.75) is 45.0 Å². The van der Waals surface area contributed by atoms with Crippen LogP contribution in [0.2, 0.25) is 0 Å². The van der Waals surface area contributed by atoms with Gasteiger partial charge in [0, 0.05) is 0 Å². The lowest BCUT2D eigenvalue weighted by Gasteiger charge is -2.16. The van der Waals surface area contributed by atoms with Crippen molar-refractivity contribution >= 4 is 5.97 Å². The summed E-state index contributed by atoms with van der Waals surface area (Å²) in [5.41, 5.74) is 0.599. The van der Waals surface area contributed by atoms with Gasteiger partial charge in [0.25, 0.3) is 0 Å². The van der Waals surface area contributed by atoms with Gasteiger partial charge in [0.2, 0.25) is 0 Å². The Hall–Kier alpha value is -1.39. The maximum atomic E-state index is 11.7.